The molecule has 0 unspecified atom stereocenters. The lowest BCUT2D eigenvalue weighted by atomic mass is 10.1. The van der Waals surface area contributed by atoms with E-state index in [2.05, 4.69) is 9.88 Å². The van der Waals surface area contributed by atoms with Gasteiger partial charge in [0.25, 0.3) is 6.43 Å². The number of carbonyl (C=O) groups excluding carboxylic acids is 1. The van der Waals surface area contributed by atoms with Crippen LogP contribution in [0.2, 0.25) is 0 Å². The van der Waals surface area contributed by atoms with Gasteiger partial charge in [0.15, 0.2) is 0 Å². The molecule has 26 heavy (non-hydrogen) atoms. The van der Waals surface area contributed by atoms with Gasteiger partial charge in [-0.15, -0.1) is 0 Å². The Balaban J connectivity index is 1.74. The lowest BCUT2D eigenvalue weighted by molar-refractivity contribution is 0.0240. The first-order valence-electron chi connectivity index (χ1n) is 8.65. The number of carbonyl (C=O) groups is 1. The molecule has 1 saturated heterocycles. The van der Waals surface area contributed by atoms with Crippen LogP contribution in [0.1, 0.15) is 32.9 Å². The fraction of sp³-hybridized carbons (Fsp3) is 0.474. The molecule has 7 heteroatoms. The van der Waals surface area contributed by atoms with E-state index in [1.54, 1.807) is 17.0 Å². The van der Waals surface area contributed by atoms with Crippen LogP contribution in [0.25, 0.3) is 10.9 Å². The number of aromatic nitrogens is 1. The second-order valence-electron chi connectivity index (χ2n) is 7.34. The summed E-state index contributed by atoms with van der Waals surface area (Å²) >= 11 is 0. The van der Waals surface area contributed by atoms with Crippen molar-refractivity contribution >= 4 is 22.7 Å². The number of hydrogen-bond acceptors (Lipinski definition) is 4. The Morgan fingerprint density at radius 2 is 1.81 bits per heavy atom. The van der Waals surface area contributed by atoms with Gasteiger partial charge in [0, 0.05) is 37.3 Å². The summed E-state index contributed by atoms with van der Waals surface area (Å²) in [6, 6.07) is 8.57. The van der Waals surface area contributed by atoms with E-state index in [4.69, 9.17) is 4.74 Å². The standard InChI is InChI=1S/C19H23F2N3O2/c1-19(2,3)26-18(25)24-11-9-23(10-12-24)16-6-4-5-14-13(16)7-8-15(22-14)17(20)21/h4-8,17H,9-12H2,1-3H3. The minimum absolute atomic E-state index is 0.218. The predicted molar refractivity (Wildman–Crippen MR) is 96.7 cm³/mol. The summed E-state index contributed by atoms with van der Waals surface area (Å²) < 4.78 is 31.1. The van der Waals surface area contributed by atoms with E-state index in [-0.39, 0.29) is 11.8 Å². The van der Waals surface area contributed by atoms with Crippen LogP contribution in [-0.2, 0) is 4.74 Å². The van der Waals surface area contributed by atoms with E-state index in [1.165, 1.54) is 6.07 Å². The molecule has 2 aromatic rings. The summed E-state index contributed by atoms with van der Waals surface area (Å²) in [7, 11) is 0. The number of amides is 1. The van der Waals surface area contributed by atoms with Crippen molar-refractivity contribution < 1.29 is 18.3 Å². The topological polar surface area (TPSA) is 45.7 Å². The summed E-state index contributed by atoms with van der Waals surface area (Å²) in [4.78, 5) is 20.1. The fourth-order valence-corrected chi connectivity index (χ4v) is 3.01. The SMILES string of the molecule is CC(C)(C)OC(=O)N1CCN(c2cccc3nc(C(F)F)ccc23)CC1. The van der Waals surface area contributed by atoms with Gasteiger partial charge < -0.3 is 14.5 Å². The van der Waals surface area contributed by atoms with Crippen LogP contribution >= 0.6 is 0 Å². The Morgan fingerprint density at radius 3 is 2.42 bits per heavy atom. The number of fused-ring (bicyclic) bond motifs is 1. The maximum absolute atomic E-state index is 12.9. The molecule has 1 aromatic heterocycles. The second kappa shape index (κ2) is 7.05. The Hall–Kier alpha value is -2.44. The minimum atomic E-state index is -2.58. The van der Waals surface area contributed by atoms with Crippen LogP contribution in [0.4, 0.5) is 19.3 Å². The van der Waals surface area contributed by atoms with Gasteiger partial charge in [-0.25, -0.2) is 18.6 Å². The first kappa shape index (κ1) is 18.4. The molecule has 2 heterocycles. The minimum Gasteiger partial charge on any atom is -0.444 e. The van der Waals surface area contributed by atoms with Crippen LogP contribution in [-0.4, -0.2) is 47.8 Å². The van der Waals surface area contributed by atoms with Crippen molar-refractivity contribution in [3.05, 3.63) is 36.0 Å². The number of nitrogens with zero attached hydrogens (tertiary/aromatic N) is 3. The third-order valence-electron chi connectivity index (χ3n) is 4.23. The quantitative estimate of drug-likeness (QED) is 0.801. The molecule has 1 aliphatic heterocycles. The third-order valence-corrected chi connectivity index (χ3v) is 4.23. The zero-order chi connectivity index (χ0) is 18.9. The van der Waals surface area contributed by atoms with E-state index in [0.717, 1.165) is 11.1 Å². The number of piperazine rings is 1. The van der Waals surface area contributed by atoms with Crippen LogP contribution in [0.15, 0.2) is 30.3 Å². The molecule has 0 radical (unpaired) electrons. The molecule has 0 N–H and O–H groups in total. The van der Waals surface area contributed by atoms with E-state index >= 15 is 0 Å². The van der Waals surface area contributed by atoms with E-state index in [0.29, 0.717) is 31.7 Å². The summed E-state index contributed by atoms with van der Waals surface area (Å²) in [6.45, 7) is 7.93. The predicted octanol–water partition coefficient (Wildman–Crippen LogP) is 4.23. The number of hydrogen-bond donors (Lipinski definition) is 0. The van der Waals surface area contributed by atoms with E-state index < -0.39 is 12.0 Å². The van der Waals surface area contributed by atoms with Crippen LogP contribution in [0.3, 0.4) is 0 Å². The van der Waals surface area contributed by atoms with Gasteiger partial charge in [-0.2, -0.15) is 0 Å². The zero-order valence-electron chi connectivity index (χ0n) is 15.2. The van der Waals surface area contributed by atoms with E-state index in [1.807, 2.05) is 32.9 Å². The maximum Gasteiger partial charge on any atom is 0.410 e. The number of rotatable bonds is 2. The molecule has 1 aromatic carbocycles. The first-order chi connectivity index (χ1) is 12.2. The van der Waals surface area contributed by atoms with Crippen molar-refractivity contribution in [2.45, 2.75) is 32.8 Å². The number of benzene rings is 1. The average Bonchev–Trinajstić information content (AvgIpc) is 2.59. The molecule has 0 spiro atoms. The van der Waals surface area contributed by atoms with Crippen molar-refractivity contribution in [3.8, 4) is 0 Å². The highest BCUT2D eigenvalue weighted by Crippen LogP contribution is 2.29. The highest BCUT2D eigenvalue weighted by Gasteiger charge is 2.26. The molecule has 1 amide bonds. The van der Waals surface area contributed by atoms with Gasteiger partial charge in [-0.05, 0) is 45.0 Å². The highest BCUT2D eigenvalue weighted by atomic mass is 19.3. The van der Waals surface area contributed by atoms with Crippen molar-refractivity contribution in [1.29, 1.82) is 0 Å². The van der Waals surface area contributed by atoms with Crippen molar-refractivity contribution in [1.82, 2.24) is 9.88 Å². The molecule has 140 valence electrons. The summed E-state index contributed by atoms with van der Waals surface area (Å²) in [5.41, 5.74) is 0.761. The molecule has 1 aliphatic rings. The van der Waals surface area contributed by atoms with E-state index in [9.17, 15) is 13.6 Å². The molecule has 0 atom stereocenters. The molecule has 0 saturated carbocycles. The van der Waals surface area contributed by atoms with Gasteiger partial charge in [0.05, 0.1) is 5.52 Å². The number of alkyl halides is 2. The van der Waals surface area contributed by atoms with Gasteiger partial charge in [0.1, 0.15) is 11.3 Å². The summed E-state index contributed by atoms with van der Waals surface area (Å²) in [6.07, 6.45) is -2.89. The van der Waals surface area contributed by atoms with Crippen molar-refractivity contribution in [3.63, 3.8) is 0 Å². The Morgan fingerprint density at radius 1 is 1.12 bits per heavy atom. The Bertz CT molecular complexity index is 797. The third kappa shape index (κ3) is 4.03. The lowest BCUT2D eigenvalue weighted by Gasteiger charge is -2.37. The molecular formula is C19H23F2N3O2. The van der Waals surface area contributed by atoms with Gasteiger partial charge >= 0.3 is 6.09 Å². The monoisotopic (exact) mass is 363 g/mol. The average molecular weight is 363 g/mol. The second-order valence-corrected chi connectivity index (χ2v) is 7.34. The molecule has 5 nitrogen and oxygen atoms in total. The lowest BCUT2D eigenvalue weighted by Crippen LogP contribution is -2.50. The van der Waals surface area contributed by atoms with Crippen molar-refractivity contribution in [2.24, 2.45) is 0 Å². The smallest absolute Gasteiger partial charge is 0.410 e. The van der Waals surface area contributed by atoms with Gasteiger partial charge in [-0.1, -0.05) is 6.07 Å². The van der Waals surface area contributed by atoms with Crippen molar-refractivity contribution in [2.75, 3.05) is 31.1 Å². The number of ether oxygens (including phenoxy) is 1. The van der Waals surface area contributed by atoms with Crippen LogP contribution in [0.5, 0.6) is 0 Å². The summed E-state index contributed by atoms with van der Waals surface area (Å²) in [5.74, 6) is 0. The summed E-state index contributed by atoms with van der Waals surface area (Å²) in [5, 5.41) is 0.836. The number of anilines is 1. The fourth-order valence-electron chi connectivity index (χ4n) is 3.01. The number of pyridine rings is 1. The zero-order valence-corrected chi connectivity index (χ0v) is 15.2. The highest BCUT2D eigenvalue weighted by molar-refractivity contribution is 5.92. The Labute approximate surface area is 151 Å². The van der Waals surface area contributed by atoms with Gasteiger partial charge in [-0.3, -0.25) is 0 Å². The van der Waals surface area contributed by atoms with Crippen LogP contribution < -0.4 is 4.90 Å². The normalized spacial score (nSPS) is 15.6. The largest absolute Gasteiger partial charge is 0.444 e. The first-order valence-corrected chi connectivity index (χ1v) is 8.65. The molecule has 0 bridgehead atoms. The Kier molecular flexibility index (Phi) is 4.98. The molecule has 1 fully saturated rings. The van der Waals surface area contributed by atoms with Gasteiger partial charge in [0.2, 0.25) is 0 Å². The molecular weight excluding hydrogens is 340 g/mol. The number of halogens is 2. The molecule has 0 aliphatic carbocycles. The maximum atomic E-state index is 12.9. The van der Waals surface area contributed by atoms with Crippen LogP contribution in [0, 0.1) is 0 Å². The molecule has 3 rings (SSSR count).